The first-order chi connectivity index (χ1) is 18.2. The van der Waals surface area contributed by atoms with Gasteiger partial charge in [-0.1, -0.05) is 37.4 Å². The molecule has 7 nitrogen and oxygen atoms in total. The Morgan fingerprint density at radius 1 is 0.684 bits per heavy atom. The van der Waals surface area contributed by atoms with E-state index in [1.165, 1.54) is 24.3 Å². The van der Waals surface area contributed by atoms with Gasteiger partial charge in [-0.3, -0.25) is 0 Å². The molecule has 0 unspecified atom stereocenters. The van der Waals surface area contributed by atoms with Gasteiger partial charge >= 0.3 is 17.9 Å². The lowest BCUT2D eigenvalue weighted by molar-refractivity contribution is -0.140. The van der Waals surface area contributed by atoms with Crippen LogP contribution in [0.25, 0.3) is 11.1 Å². The SMILES string of the molecule is C=C(C)C(=O)Oc1ccc(OC(=O)c2ccc(-c3ccc(OCCCCOC(=O)C(=C)F)cc3)cc2)cc1. The molecule has 0 bridgehead atoms. The van der Waals surface area contributed by atoms with Gasteiger partial charge in [0, 0.05) is 5.57 Å². The van der Waals surface area contributed by atoms with Crippen LogP contribution in [-0.2, 0) is 14.3 Å². The van der Waals surface area contributed by atoms with Crippen molar-refractivity contribution in [2.45, 2.75) is 19.8 Å². The number of esters is 3. The second-order valence-electron chi connectivity index (χ2n) is 8.23. The third-order valence-electron chi connectivity index (χ3n) is 5.16. The summed E-state index contributed by atoms with van der Waals surface area (Å²) < 4.78 is 33.4. The predicted octanol–water partition coefficient (Wildman–Crippen LogP) is 6.24. The van der Waals surface area contributed by atoms with E-state index in [4.69, 9.17) is 14.2 Å². The number of benzene rings is 3. The largest absolute Gasteiger partial charge is 0.494 e. The summed E-state index contributed by atoms with van der Waals surface area (Å²) in [6, 6.07) is 20.6. The maximum absolute atomic E-state index is 12.5. The molecular formula is C30H27FO7. The molecule has 0 fully saturated rings. The van der Waals surface area contributed by atoms with Crippen molar-refractivity contribution in [3.63, 3.8) is 0 Å². The van der Waals surface area contributed by atoms with Gasteiger partial charge in [-0.15, -0.1) is 0 Å². The zero-order valence-corrected chi connectivity index (χ0v) is 20.9. The van der Waals surface area contributed by atoms with Gasteiger partial charge in [0.1, 0.15) is 17.2 Å². The summed E-state index contributed by atoms with van der Waals surface area (Å²) in [5.74, 6) is -1.87. The van der Waals surface area contributed by atoms with Crippen LogP contribution in [0.4, 0.5) is 4.39 Å². The van der Waals surface area contributed by atoms with E-state index in [0.717, 1.165) is 11.1 Å². The van der Waals surface area contributed by atoms with Crippen LogP contribution in [0.1, 0.15) is 30.1 Å². The maximum atomic E-state index is 12.5. The van der Waals surface area contributed by atoms with E-state index >= 15 is 0 Å². The molecule has 3 rings (SSSR count). The highest BCUT2D eigenvalue weighted by atomic mass is 19.1. The fourth-order valence-corrected chi connectivity index (χ4v) is 3.12. The van der Waals surface area contributed by atoms with Gasteiger partial charge in [-0.25, -0.2) is 14.4 Å². The Morgan fingerprint density at radius 2 is 1.18 bits per heavy atom. The molecule has 0 radical (unpaired) electrons. The molecule has 196 valence electrons. The number of carbonyl (C=O) groups is 3. The van der Waals surface area contributed by atoms with Crippen LogP contribution in [0.15, 0.2) is 97.4 Å². The van der Waals surface area contributed by atoms with Gasteiger partial charge in [-0.05, 0) is 79.4 Å². The minimum absolute atomic E-state index is 0.104. The van der Waals surface area contributed by atoms with E-state index in [9.17, 15) is 18.8 Å². The summed E-state index contributed by atoms with van der Waals surface area (Å²) in [5, 5.41) is 0. The highest BCUT2D eigenvalue weighted by molar-refractivity contribution is 5.92. The minimum atomic E-state index is -1.11. The van der Waals surface area contributed by atoms with Gasteiger partial charge in [0.25, 0.3) is 0 Å². The molecule has 0 amide bonds. The fourth-order valence-electron chi connectivity index (χ4n) is 3.12. The number of rotatable bonds is 12. The monoisotopic (exact) mass is 518 g/mol. The Labute approximate surface area is 220 Å². The number of halogens is 1. The van der Waals surface area contributed by atoms with Gasteiger partial charge in [0.05, 0.1) is 18.8 Å². The zero-order valence-electron chi connectivity index (χ0n) is 20.9. The van der Waals surface area contributed by atoms with Crippen LogP contribution in [0.3, 0.4) is 0 Å². The van der Waals surface area contributed by atoms with Gasteiger partial charge in [-0.2, -0.15) is 4.39 Å². The molecule has 0 heterocycles. The molecule has 38 heavy (non-hydrogen) atoms. The summed E-state index contributed by atoms with van der Waals surface area (Å²) in [4.78, 5) is 35.0. The smallest absolute Gasteiger partial charge is 0.366 e. The summed E-state index contributed by atoms with van der Waals surface area (Å²) in [7, 11) is 0. The van der Waals surface area contributed by atoms with Gasteiger partial charge < -0.3 is 18.9 Å². The van der Waals surface area contributed by atoms with Crippen molar-refractivity contribution in [3.05, 3.63) is 103 Å². The second-order valence-corrected chi connectivity index (χ2v) is 8.23. The molecule has 0 spiro atoms. The normalized spacial score (nSPS) is 10.3. The Morgan fingerprint density at radius 3 is 1.74 bits per heavy atom. The molecule has 0 aliphatic rings. The average molecular weight is 519 g/mol. The molecule has 0 aromatic heterocycles. The maximum Gasteiger partial charge on any atom is 0.366 e. The molecule has 0 atom stereocenters. The van der Waals surface area contributed by atoms with E-state index < -0.39 is 23.7 Å². The highest BCUT2D eigenvalue weighted by Crippen LogP contribution is 2.24. The van der Waals surface area contributed by atoms with Crippen molar-refractivity contribution >= 4 is 17.9 Å². The van der Waals surface area contributed by atoms with Crippen LogP contribution < -0.4 is 14.2 Å². The van der Waals surface area contributed by atoms with E-state index in [0.29, 0.717) is 42.3 Å². The first kappa shape index (κ1) is 27.9. The standard InChI is InChI=1S/C30H27FO7/c1-20(2)28(32)37-26-14-16-27(17-15-26)38-30(34)24-8-6-22(7-9-24)23-10-12-25(13-11-23)35-18-4-5-19-36-29(33)21(3)31/h6-17H,1,3-5,18-19H2,2H3. The lowest BCUT2D eigenvalue weighted by Crippen LogP contribution is -2.09. The molecule has 0 aliphatic carbocycles. The summed E-state index contributed by atoms with van der Waals surface area (Å²) in [6.45, 7) is 8.49. The van der Waals surface area contributed by atoms with E-state index in [-0.39, 0.29) is 12.2 Å². The minimum Gasteiger partial charge on any atom is -0.494 e. The van der Waals surface area contributed by atoms with Crippen molar-refractivity contribution < 1.29 is 37.7 Å². The Bertz CT molecular complexity index is 1290. The highest BCUT2D eigenvalue weighted by Gasteiger charge is 2.11. The summed E-state index contributed by atoms with van der Waals surface area (Å²) in [6.07, 6.45) is 1.18. The summed E-state index contributed by atoms with van der Waals surface area (Å²) >= 11 is 0. The van der Waals surface area contributed by atoms with Crippen molar-refractivity contribution in [2.75, 3.05) is 13.2 Å². The molecule has 8 heteroatoms. The molecule has 0 aliphatic heterocycles. The number of unbranched alkanes of at least 4 members (excludes halogenated alkanes) is 1. The van der Waals surface area contributed by atoms with Crippen molar-refractivity contribution in [1.82, 2.24) is 0 Å². The third kappa shape index (κ3) is 8.44. The number of carbonyl (C=O) groups excluding carboxylic acids is 3. The molecule has 3 aromatic carbocycles. The quantitative estimate of drug-likeness (QED) is 0.121. The first-order valence-electron chi connectivity index (χ1n) is 11.8. The van der Waals surface area contributed by atoms with Crippen LogP contribution in [-0.4, -0.2) is 31.1 Å². The van der Waals surface area contributed by atoms with Crippen molar-refractivity contribution in [1.29, 1.82) is 0 Å². The van der Waals surface area contributed by atoms with Crippen LogP contribution in [0.5, 0.6) is 17.2 Å². The predicted molar refractivity (Wildman–Crippen MR) is 140 cm³/mol. The molecule has 0 saturated carbocycles. The zero-order chi connectivity index (χ0) is 27.5. The van der Waals surface area contributed by atoms with E-state index in [1.54, 1.807) is 19.1 Å². The second kappa shape index (κ2) is 13.5. The number of hydrogen-bond acceptors (Lipinski definition) is 7. The summed E-state index contributed by atoms with van der Waals surface area (Å²) in [5.41, 5.74) is 2.52. The first-order valence-corrected chi connectivity index (χ1v) is 11.8. The Balaban J connectivity index is 1.46. The van der Waals surface area contributed by atoms with Crippen LogP contribution >= 0.6 is 0 Å². The van der Waals surface area contributed by atoms with Crippen LogP contribution in [0, 0.1) is 0 Å². The van der Waals surface area contributed by atoms with E-state index in [1.807, 2.05) is 36.4 Å². The number of ether oxygens (including phenoxy) is 4. The van der Waals surface area contributed by atoms with Crippen molar-refractivity contribution in [2.24, 2.45) is 0 Å². The topological polar surface area (TPSA) is 88.1 Å². The molecule has 3 aromatic rings. The van der Waals surface area contributed by atoms with Gasteiger partial charge in [0.15, 0.2) is 0 Å². The fraction of sp³-hybridized carbons (Fsp3) is 0.167. The van der Waals surface area contributed by atoms with Crippen LogP contribution in [0.2, 0.25) is 0 Å². The lowest BCUT2D eigenvalue weighted by atomic mass is 10.0. The van der Waals surface area contributed by atoms with Gasteiger partial charge in [0.2, 0.25) is 5.83 Å². The lowest BCUT2D eigenvalue weighted by Gasteiger charge is -2.09. The Hall–Kier alpha value is -4.72. The average Bonchev–Trinajstić information content (AvgIpc) is 2.91. The molecule has 0 saturated heterocycles. The Kier molecular flexibility index (Phi) is 9.93. The number of hydrogen-bond donors (Lipinski definition) is 0. The molecular weight excluding hydrogens is 491 g/mol. The van der Waals surface area contributed by atoms with Crippen molar-refractivity contribution in [3.8, 4) is 28.4 Å². The van der Waals surface area contributed by atoms with E-state index in [2.05, 4.69) is 17.9 Å². The molecule has 0 N–H and O–H groups in total. The third-order valence-corrected chi connectivity index (χ3v) is 5.16.